The number of benzene rings is 2. The van der Waals surface area contributed by atoms with Gasteiger partial charge >= 0.3 is 17.9 Å². The third-order valence-corrected chi connectivity index (χ3v) is 4.87. The number of carbonyl (C=O) groups is 1. The maximum atomic E-state index is 12.8. The van der Waals surface area contributed by atoms with E-state index < -0.39 is 24.5 Å². The lowest BCUT2D eigenvalue weighted by molar-refractivity contribution is -0.552. The molecule has 3 aromatic rings. The van der Waals surface area contributed by atoms with Gasteiger partial charge in [0.15, 0.2) is 6.04 Å². The van der Waals surface area contributed by atoms with Gasteiger partial charge in [-0.2, -0.15) is 17.7 Å². The van der Waals surface area contributed by atoms with E-state index in [1.165, 1.54) is 4.57 Å². The summed E-state index contributed by atoms with van der Waals surface area (Å²) in [5.41, 5.74) is 3.07. The standard InChI is InChI=1S/C22H18F3N3O/c23-22(24,25)12-11-17-21(29)28-14-19(16-9-5-2-6-10-16)26-18(20(28)27-17)13-15-7-3-1-4-8-15/h1-10,14,17H,11-13H2/p+1. The topological polar surface area (TPSA) is 45.9 Å². The van der Waals surface area contributed by atoms with Gasteiger partial charge in [0, 0.05) is 24.8 Å². The number of aromatic nitrogens is 2. The Morgan fingerprint density at radius 2 is 1.66 bits per heavy atom. The van der Waals surface area contributed by atoms with Crippen molar-refractivity contribution in [2.75, 3.05) is 5.32 Å². The predicted octanol–water partition coefficient (Wildman–Crippen LogP) is 4.40. The summed E-state index contributed by atoms with van der Waals surface area (Å²) in [5, 5.41) is 2.98. The molecule has 1 atom stereocenters. The molecule has 0 spiro atoms. The monoisotopic (exact) mass is 398 g/mol. The average Bonchev–Trinajstić information content (AvgIpc) is 3.04. The number of nitrogens with zero attached hydrogens (tertiary/aromatic N) is 2. The lowest BCUT2D eigenvalue weighted by Gasteiger charge is -2.07. The van der Waals surface area contributed by atoms with Gasteiger partial charge in [0.1, 0.15) is 17.6 Å². The first kappa shape index (κ1) is 19.1. The van der Waals surface area contributed by atoms with Crippen LogP contribution in [0.15, 0.2) is 66.9 Å². The molecule has 4 rings (SSSR count). The number of nitrogens with one attached hydrogen (secondary N) is 1. The van der Waals surface area contributed by atoms with E-state index in [0.717, 1.165) is 11.1 Å². The number of hydrogen-bond acceptors (Lipinski definition) is 3. The van der Waals surface area contributed by atoms with Crippen LogP contribution in [0.4, 0.5) is 19.0 Å². The molecule has 1 aliphatic heterocycles. The molecule has 0 amide bonds. The zero-order valence-corrected chi connectivity index (χ0v) is 15.5. The molecule has 0 radical (unpaired) electrons. The molecule has 4 nitrogen and oxygen atoms in total. The summed E-state index contributed by atoms with van der Waals surface area (Å²) in [6, 6.07) is 18.1. The molecular weight excluding hydrogens is 379 g/mol. The summed E-state index contributed by atoms with van der Waals surface area (Å²) in [4.78, 5) is 17.5. The van der Waals surface area contributed by atoms with Crippen LogP contribution in [-0.4, -0.2) is 23.1 Å². The Morgan fingerprint density at radius 3 is 2.31 bits per heavy atom. The number of carbonyl (C=O) groups excluding carboxylic acids is 1. The lowest BCUT2D eigenvalue weighted by Crippen LogP contribution is -2.43. The van der Waals surface area contributed by atoms with Crippen molar-refractivity contribution >= 4 is 11.7 Å². The van der Waals surface area contributed by atoms with Gasteiger partial charge < -0.3 is 0 Å². The number of rotatable bonds is 5. The molecule has 0 aliphatic carbocycles. The van der Waals surface area contributed by atoms with Crippen LogP contribution in [0.2, 0.25) is 0 Å². The van der Waals surface area contributed by atoms with Gasteiger partial charge in [-0.25, -0.2) is 9.78 Å². The first-order chi connectivity index (χ1) is 13.9. The fourth-order valence-electron chi connectivity index (χ4n) is 3.44. The van der Waals surface area contributed by atoms with E-state index in [1.54, 1.807) is 6.20 Å². The molecule has 0 fully saturated rings. The number of hydrogen-bond donors (Lipinski definition) is 1. The highest BCUT2D eigenvalue weighted by Crippen LogP contribution is 2.27. The van der Waals surface area contributed by atoms with E-state index in [1.807, 2.05) is 60.7 Å². The van der Waals surface area contributed by atoms with Crippen LogP contribution >= 0.6 is 0 Å². The first-order valence-electron chi connectivity index (χ1n) is 9.33. The number of alkyl halides is 3. The second-order valence-corrected chi connectivity index (χ2v) is 7.01. The Hall–Kier alpha value is -3.22. The zero-order valence-electron chi connectivity index (χ0n) is 15.5. The van der Waals surface area contributed by atoms with E-state index in [0.29, 0.717) is 23.6 Å². The summed E-state index contributed by atoms with van der Waals surface area (Å²) >= 11 is 0. The average molecular weight is 398 g/mol. The van der Waals surface area contributed by atoms with Crippen molar-refractivity contribution in [1.82, 2.24) is 4.98 Å². The van der Waals surface area contributed by atoms with E-state index in [9.17, 15) is 18.0 Å². The Balaban J connectivity index is 1.72. The minimum Gasteiger partial charge on any atom is -0.258 e. The third-order valence-electron chi connectivity index (χ3n) is 4.87. The Bertz CT molecular complexity index is 1020. The molecule has 7 heteroatoms. The van der Waals surface area contributed by atoms with Crippen molar-refractivity contribution in [2.24, 2.45) is 0 Å². The van der Waals surface area contributed by atoms with Crippen molar-refractivity contribution in [3.8, 4) is 11.3 Å². The molecule has 0 saturated carbocycles. The lowest BCUT2D eigenvalue weighted by atomic mass is 10.1. The SMILES string of the molecule is O=C1C(CCC(F)(F)F)Nc2c(Cc3ccccc3)nc(-c3ccccc3)c[n+]21. The summed E-state index contributed by atoms with van der Waals surface area (Å²) in [5.74, 6) is 0.0730. The molecule has 1 aromatic heterocycles. The third kappa shape index (κ3) is 4.29. The molecular formula is C22H19F3N3O+. The second-order valence-electron chi connectivity index (χ2n) is 7.01. The van der Waals surface area contributed by atoms with Crippen LogP contribution in [0.25, 0.3) is 11.3 Å². The van der Waals surface area contributed by atoms with Crippen LogP contribution < -0.4 is 9.88 Å². The number of anilines is 1. The van der Waals surface area contributed by atoms with Gasteiger partial charge in [-0.1, -0.05) is 60.7 Å². The van der Waals surface area contributed by atoms with Crippen LogP contribution in [0, 0.1) is 0 Å². The first-order valence-corrected chi connectivity index (χ1v) is 9.33. The number of halogens is 3. The van der Waals surface area contributed by atoms with Crippen molar-refractivity contribution < 1.29 is 22.5 Å². The minimum absolute atomic E-state index is 0.310. The highest BCUT2D eigenvalue weighted by atomic mass is 19.4. The highest BCUT2D eigenvalue weighted by Gasteiger charge is 2.43. The predicted molar refractivity (Wildman–Crippen MR) is 102 cm³/mol. The van der Waals surface area contributed by atoms with Gasteiger partial charge in [-0.15, -0.1) is 0 Å². The van der Waals surface area contributed by atoms with E-state index >= 15 is 0 Å². The van der Waals surface area contributed by atoms with E-state index in [2.05, 4.69) is 5.32 Å². The fourth-order valence-corrected chi connectivity index (χ4v) is 3.44. The second kappa shape index (κ2) is 7.66. The van der Waals surface area contributed by atoms with Gasteiger partial charge in [-0.3, -0.25) is 5.32 Å². The van der Waals surface area contributed by atoms with Crippen molar-refractivity contribution in [2.45, 2.75) is 31.5 Å². The van der Waals surface area contributed by atoms with Gasteiger partial charge in [0.2, 0.25) is 0 Å². The smallest absolute Gasteiger partial charge is 0.258 e. The Kier molecular flexibility index (Phi) is 5.05. The van der Waals surface area contributed by atoms with Crippen molar-refractivity contribution in [1.29, 1.82) is 0 Å². The van der Waals surface area contributed by atoms with Crippen molar-refractivity contribution in [3.63, 3.8) is 0 Å². The largest absolute Gasteiger partial charge is 0.389 e. The van der Waals surface area contributed by atoms with E-state index in [-0.39, 0.29) is 6.42 Å². The quantitative estimate of drug-likeness (QED) is 0.648. The molecule has 2 heterocycles. The van der Waals surface area contributed by atoms with Gasteiger partial charge in [0.05, 0.1) is 0 Å². The fraction of sp³-hybridized carbons (Fsp3) is 0.227. The minimum atomic E-state index is -4.30. The molecule has 29 heavy (non-hydrogen) atoms. The maximum absolute atomic E-state index is 12.8. The molecule has 1 N–H and O–H groups in total. The van der Waals surface area contributed by atoms with Crippen LogP contribution in [0.3, 0.4) is 0 Å². The summed E-state index contributed by atoms with van der Waals surface area (Å²) in [6.07, 6.45) is -3.57. The normalized spacial score (nSPS) is 15.8. The molecule has 2 aromatic carbocycles. The summed E-state index contributed by atoms with van der Waals surface area (Å²) < 4.78 is 39.4. The Labute approximate surface area is 166 Å². The highest BCUT2D eigenvalue weighted by molar-refractivity contribution is 5.82. The number of fused-ring (bicyclic) bond motifs is 1. The molecule has 1 aliphatic rings. The van der Waals surface area contributed by atoms with Crippen LogP contribution in [-0.2, 0) is 6.42 Å². The molecule has 1 unspecified atom stereocenters. The molecule has 148 valence electrons. The van der Waals surface area contributed by atoms with Crippen LogP contribution in [0.1, 0.15) is 28.9 Å². The summed E-state index contributed by atoms with van der Waals surface area (Å²) in [6.45, 7) is 0. The van der Waals surface area contributed by atoms with Gasteiger partial charge in [-0.05, 0) is 5.56 Å². The van der Waals surface area contributed by atoms with Crippen LogP contribution in [0.5, 0.6) is 0 Å². The zero-order chi connectivity index (χ0) is 20.4. The van der Waals surface area contributed by atoms with E-state index in [4.69, 9.17) is 4.98 Å². The van der Waals surface area contributed by atoms with Crippen molar-refractivity contribution in [3.05, 3.63) is 78.1 Å². The molecule has 0 bridgehead atoms. The van der Waals surface area contributed by atoms with Gasteiger partial charge in [0.25, 0.3) is 0 Å². The summed E-state index contributed by atoms with van der Waals surface area (Å²) in [7, 11) is 0. The molecule has 0 saturated heterocycles. The maximum Gasteiger partial charge on any atom is 0.389 e. The Morgan fingerprint density at radius 1 is 1.00 bits per heavy atom.